The molecular formula is C22H28N2O2. The molecule has 1 N–H and O–H groups in total. The van der Waals surface area contributed by atoms with Crippen LogP contribution >= 0.6 is 0 Å². The van der Waals surface area contributed by atoms with Crippen LogP contribution in [0.4, 0.5) is 5.82 Å². The van der Waals surface area contributed by atoms with Crippen molar-refractivity contribution in [3.63, 3.8) is 0 Å². The van der Waals surface area contributed by atoms with Crippen LogP contribution in [0.1, 0.15) is 44.6 Å². The summed E-state index contributed by atoms with van der Waals surface area (Å²) >= 11 is 0. The van der Waals surface area contributed by atoms with Crippen LogP contribution in [0, 0.1) is 5.92 Å². The lowest BCUT2D eigenvalue weighted by molar-refractivity contribution is -0.0690. The van der Waals surface area contributed by atoms with Crippen molar-refractivity contribution in [2.75, 3.05) is 18.1 Å². The van der Waals surface area contributed by atoms with Gasteiger partial charge in [-0.3, -0.25) is 0 Å². The SMILES string of the molecule is CCOc1cccc(N2CCC(O)(c3ccccc3)[C@H]3CCCC[C@H]32)n1. The number of nitrogens with zero attached hydrogens (tertiary/aromatic N) is 2. The summed E-state index contributed by atoms with van der Waals surface area (Å²) in [5, 5.41) is 11.7. The number of hydrogen-bond donors (Lipinski definition) is 1. The molecule has 4 rings (SSSR count). The third-order valence-corrected chi connectivity index (χ3v) is 6.05. The van der Waals surface area contributed by atoms with Crippen LogP contribution in [0.3, 0.4) is 0 Å². The van der Waals surface area contributed by atoms with Gasteiger partial charge in [-0.1, -0.05) is 49.2 Å². The molecule has 1 saturated carbocycles. The summed E-state index contributed by atoms with van der Waals surface area (Å²) in [6.07, 6.45) is 5.32. The third-order valence-electron chi connectivity index (χ3n) is 6.05. The fraction of sp³-hybridized carbons (Fsp3) is 0.500. The van der Waals surface area contributed by atoms with Crippen LogP contribution in [0.5, 0.6) is 5.88 Å². The minimum atomic E-state index is -0.736. The van der Waals surface area contributed by atoms with E-state index in [0.29, 0.717) is 18.5 Å². The molecule has 3 atom stereocenters. The quantitative estimate of drug-likeness (QED) is 0.898. The fourth-order valence-electron chi connectivity index (χ4n) is 4.85. The van der Waals surface area contributed by atoms with Gasteiger partial charge < -0.3 is 14.7 Å². The molecule has 2 fully saturated rings. The van der Waals surface area contributed by atoms with Gasteiger partial charge in [-0.15, -0.1) is 0 Å². The van der Waals surface area contributed by atoms with E-state index >= 15 is 0 Å². The average molecular weight is 352 g/mol. The Bertz CT molecular complexity index is 736. The molecule has 1 unspecified atom stereocenters. The molecule has 1 aromatic carbocycles. The molecular weight excluding hydrogens is 324 g/mol. The number of benzene rings is 1. The minimum Gasteiger partial charge on any atom is -0.478 e. The number of anilines is 1. The molecule has 1 saturated heterocycles. The number of aliphatic hydroxyl groups is 1. The first kappa shape index (κ1) is 17.3. The zero-order valence-corrected chi connectivity index (χ0v) is 15.5. The molecule has 0 spiro atoms. The van der Waals surface area contributed by atoms with E-state index in [0.717, 1.165) is 37.2 Å². The zero-order valence-electron chi connectivity index (χ0n) is 15.5. The highest BCUT2D eigenvalue weighted by molar-refractivity contribution is 5.44. The van der Waals surface area contributed by atoms with E-state index in [-0.39, 0.29) is 5.92 Å². The molecule has 4 nitrogen and oxygen atoms in total. The summed E-state index contributed by atoms with van der Waals surface area (Å²) in [7, 11) is 0. The Morgan fingerprint density at radius 2 is 1.92 bits per heavy atom. The number of ether oxygens (including phenoxy) is 1. The number of fused-ring (bicyclic) bond motifs is 1. The number of aromatic nitrogens is 1. The molecule has 1 aromatic heterocycles. The lowest BCUT2D eigenvalue weighted by Gasteiger charge is -2.53. The molecule has 4 heteroatoms. The average Bonchev–Trinajstić information content (AvgIpc) is 2.70. The van der Waals surface area contributed by atoms with E-state index in [2.05, 4.69) is 23.1 Å². The van der Waals surface area contributed by atoms with Gasteiger partial charge in [-0.25, -0.2) is 0 Å². The molecule has 2 aromatic rings. The maximum atomic E-state index is 11.7. The second kappa shape index (κ2) is 7.28. The standard InChI is InChI=1S/C22H28N2O2/c1-2-26-21-14-8-13-20(23-21)24-16-15-22(25,17-9-4-3-5-10-17)18-11-6-7-12-19(18)24/h3-5,8-10,13-14,18-19,25H,2,6-7,11-12,15-16H2,1H3/t18-,19+,22?/m0/s1. The van der Waals surface area contributed by atoms with Gasteiger partial charge in [0, 0.05) is 24.6 Å². The van der Waals surface area contributed by atoms with Gasteiger partial charge in [-0.2, -0.15) is 4.98 Å². The van der Waals surface area contributed by atoms with Crippen molar-refractivity contribution in [1.82, 2.24) is 4.98 Å². The van der Waals surface area contributed by atoms with E-state index in [1.165, 1.54) is 12.8 Å². The Morgan fingerprint density at radius 3 is 2.73 bits per heavy atom. The largest absolute Gasteiger partial charge is 0.478 e. The molecule has 2 heterocycles. The third kappa shape index (κ3) is 3.07. The highest BCUT2D eigenvalue weighted by Crippen LogP contribution is 2.47. The van der Waals surface area contributed by atoms with E-state index in [1.54, 1.807) is 0 Å². The van der Waals surface area contributed by atoms with Gasteiger partial charge in [-0.05, 0) is 37.8 Å². The lowest BCUT2D eigenvalue weighted by Crippen LogP contribution is -2.57. The predicted molar refractivity (Wildman–Crippen MR) is 103 cm³/mol. The van der Waals surface area contributed by atoms with E-state index in [1.807, 2.05) is 37.3 Å². The monoisotopic (exact) mass is 352 g/mol. The summed E-state index contributed by atoms with van der Waals surface area (Å²) in [5.41, 5.74) is 0.327. The zero-order chi connectivity index (χ0) is 18.0. The summed E-state index contributed by atoms with van der Waals surface area (Å²) < 4.78 is 5.60. The number of hydrogen-bond acceptors (Lipinski definition) is 4. The maximum absolute atomic E-state index is 11.7. The van der Waals surface area contributed by atoms with Gasteiger partial charge in [0.25, 0.3) is 0 Å². The smallest absolute Gasteiger partial charge is 0.215 e. The predicted octanol–water partition coefficient (Wildman–Crippen LogP) is 4.14. The molecule has 1 aliphatic heterocycles. The second-order valence-electron chi connectivity index (χ2n) is 7.46. The summed E-state index contributed by atoms with van der Waals surface area (Å²) in [6, 6.07) is 16.6. The molecule has 0 bridgehead atoms. The van der Waals surface area contributed by atoms with Crippen LogP contribution in [-0.4, -0.2) is 29.3 Å². The van der Waals surface area contributed by atoms with Crippen molar-refractivity contribution in [3.05, 3.63) is 54.1 Å². The van der Waals surface area contributed by atoms with Crippen molar-refractivity contribution in [3.8, 4) is 5.88 Å². The normalized spacial score (nSPS) is 28.5. The molecule has 138 valence electrons. The van der Waals surface area contributed by atoms with Crippen LogP contribution < -0.4 is 9.64 Å². The number of piperidine rings is 1. The highest BCUT2D eigenvalue weighted by atomic mass is 16.5. The Labute approximate surface area is 155 Å². The van der Waals surface area contributed by atoms with Crippen molar-refractivity contribution < 1.29 is 9.84 Å². The highest BCUT2D eigenvalue weighted by Gasteiger charge is 2.49. The van der Waals surface area contributed by atoms with Gasteiger partial charge >= 0.3 is 0 Å². The number of pyridine rings is 1. The van der Waals surface area contributed by atoms with E-state index in [4.69, 9.17) is 9.72 Å². The van der Waals surface area contributed by atoms with Crippen molar-refractivity contribution in [1.29, 1.82) is 0 Å². The fourth-order valence-corrected chi connectivity index (χ4v) is 4.85. The topological polar surface area (TPSA) is 45.6 Å². The van der Waals surface area contributed by atoms with Gasteiger partial charge in [0.15, 0.2) is 0 Å². The summed E-state index contributed by atoms with van der Waals surface area (Å²) in [6.45, 7) is 3.41. The summed E-state index contributed by atoms with van der Waals surface area (Å²) in [5.74, 6) is 1.90. The lowest BCUT2D eigenvalue weighted by atomic mass is 9.66. The summed E-state index contributed by atoms with van der Waals surface area (Å²) in [4.78, 5) is 7.13. The van der Waals surface area contributed by atoms with Crippen molar-refractivity contribution in [2.45, 2.75) is 50.7 Å². The first-order chi connectivity index (χ1) is 12.7. The van der Waals surface area contributed by atoms with Crippen LogP contribution in [0.25, 0.3) is 0 Å². The molecule has 0 radical (unpaired) electrons. The second-order valence-corrected chi connectivity index (χ2v) is 7.46. The molecule has 2 aliphatic rings. The Kier molecular flexibility index (Phi) is 4.86. The van der Waals surface area contributed by atoms with Crippen LogP contribution in [0.2, 0.25) is 0 Å². The van der Waals surface area contributed by atoms with Crippen molar-refractivity contribution >= 4 is 5.82 Å². The van der Waals surface area contributed by atoms with E-state index in [9.17, 15) is 5.11 Å². The van der Waals surface area contributed by atoms with Crippen LogP contribution in [-0.2, 0) is 5.60 Å². The Balaban J connectivity index is 1.66. The molecule has 0 amide bonds. The Morgan fingerprint density at radius 1 is 1.12 bits per heavy atom. The molecule has 1 aliphatic carbocycles. The minimum absolute atomic E-state index is 0.241. The first-order valence-corrected chi connectivity index (χ1v) is 9.87. The van der Waals surface area contributed by atoms with Gasteiger partial charge in [0.05, 0.1) is 12.2 Å². The van der Waals surface area contributed by atoms with Crippen LogP contribution in [0.15, 0.2) is 48.5 Å². The first-order valence-electron chi connectivity index (χ1n) is 9.87. The Hall–Kier alpha value is -2.07. The van der Waals surface area contributed by atoms with Crippen molar-refractivity contribution in [2.24, 2.45) is 5.92 Å². The maximum Gasteiger partial charge on any atom is 0.215 e. The van der Waals surface area contributed by atoms with Gasteiger partial charge in [0.1, 0.15) is 5.82 Å². The van der Waals surface area contributed by atoms with E-state index < -0.39 is 5.60 Å². The van der Waals surface area contributed by atoms with Gasteiger partial charge in [0.2, 0.25) is 5.88 Å². The molecule has 26 heavy (non-hydrogen) atoms. The number of rotatable bonds is 4.